The fourth-order valence-electron chi connectivity index (χ4n) is 4.04. The first-order valence-electron chi connectivity index (χ1n) is 11.2. The Labute approximate surface area is 190 Å². The van der Waals surface area contributed by atoms with Gasteiger partial charge in [-0.3, -0.25) is 14.6 Å². The standard InChI is InChI=1S/C24H27F3N4O2/c25-19-14-28-11-8-20(19)29-18-3-1-2-16(13-18)22(32)31-21(23(33)30-17-4-5-17)12-15-6-9-24(26,27)10-7-15/h1-3,8,11,13-15,17,21H,4-7,9-10,12H2,(H,28,29)(H,30,33)(H,31,32)/t21-/m0/s1. The summed E-state index contributed by atoms with van der Waals surface area (Å²) in [5.41, 5.74) is 1.02. The molecule has 2 fully saturated rings. The van der Waals surface area contributed by atoms with Crippen LogP contribution in [0.2, 0.25) is 0 Å². The van der Waals surface area contributed by atoms with E-state index >= 15 is 0 Å². The Morgan fingerprint density at radius 3 is 2.58 bits per heavy atom. The molecule has 6 nitrogen and oxygen atoms in total. The Kier molecular flexibility index (Phi) is 6.85. The number of nitrogens with zero attached hydrogens (tertiary/aromatic N) is 1. The number of anilines is 2. The molecule has 2 saturated carbocycles. The molecule has 0 aliphatic heterocycles. The van der Waals surface area contributed by atoms with Gasteiger partial charge < -0.3 is 16.0 Å². The second kappa shape index (κ2) is 9.80. The smallest absolute Gasteiger partial charge is 0.252 e. The summed E-state index contributed by atoms with van der Waals surface area (Å²) in [5.74, 6) is -3.96. The van der Waals surface area contributed by atoms with Crippen LogP contribution in [0.3, 0.4) is 0 Å². The van der Waals surface area contributed by atoms with Crippen LogP contribution in [0, 0.1) is 11.7 Å². The Hall–Kier alpha value is -3.10. The minimum absolute atomic E-state index is 0.0532. The maximum Gasteiger partial charge on any atom is 0.252 e. The van der Waals surface area contributed by atoms with E-state index in [1.54, 1.807) is 24.3 Å². The van der Waals surface area contributed by atoms with Crippen molar-refractivity contribution in [3.63, 3.8) is 0 Å². The quantitative estimate of drug-likeness (QED) is 0.540. The molecule has 1 aromatic carbocycles. The van der Waals surface area contributed by atoms with Crippen LogP contribution in [-0.4, -0.2) is 34.8 Å². The van der Waals surface area contributed by atoms with Gasteiger partial charge in [0.1, 0.15) is 6.04 Å². The average molecular weight is 461 g/mol. The molecule has 2 aliphatic carbocycles. The molecule has 1 aromatic heterocycles. The molecule has 2 aliphatic rings. The monoisotopic (exact) mass is 460 g/mol. The maximum absolute atomic E-state index is 13.9. The molecule has 1 atom stereocenters. The number of carbonyl (C=O) groups excluding carboxylic acids is 2. The molecule has 1 heterocycles. The predicted octanol–water partition coefficient (Wildman–Crippen LogP) is 4.56. The average Bonchev–Trinajstić information content (AvgIpc) is 3.60. The third-order valence-corrected chi connectivity index (χ3v) is 6.13. The topological polar surface area (TPSA) is 83.1 Å². The molecule has 0 saturated heterocycles. The first-order chi connectivity index (χ1) is 15.8. The Morgan fingerprint density at radius 1 is 1.12 bits per heavy atom. The van der Waals surface area contributed by atoms with E-state index in [0.717, 1.165) is 19.0 Å². The van der Waals surface area contributed by atoms with Crippen LogP contribution in [0.5, 0.6) is 0 Å². The third kappa shape index (κ3) is 6.46. The summed E-state index contributed by atoms with van der Waals surface area (Å²) in [4.78, 5) is 29.4. The van der Waals surface area contributed by atoms with Crippen molar-refractivity contribution >= 4 is 23.2 Å². The molecule has 33 heavy (non-hydrogen) atoms. The summed E-state index contributed by atoms with van der Waals surface area (Å²) < 4.78 is 40.9. The van der Waals surface area contributed by atoms with E-state index in [9.17, 15) is 22.8 Å². The summed E-state index contributed by atoms with van der Waals surface area (Å²) >= 11 is 0. The number of pyridine rings is 1. The second-order valence-electron chi connectivity index (χ2n) is 8.91. The lowest BCUT2D eigenvalue weighted by Gasteiger charge is -2.30. The molecule has 0 radical (unpaired) electrons. The van der Waals surface area contributed by atoms with Crippen LogP contribution in [0.1, 0.15) is 55.3 Å². The molecule has 0 unspecified atom stereocenters. The van der Waals surface area contributed by atoms with Gasteiger partial charge in [-0.05, 0) is 62.3 Å². The zero-order chi connectivity index (χ0) is 23.4. The third-order valence-electron chi connectivity index (χ3n) is 6.13. The van der Waals surface area contributed by atoms with Gasteiger partial charge in [-0.25, -0.2) is 13.2 Å². The fourth-order valence-corrected chi connectivity index (χ4v) is 4.04. The lowest BCUT2D eigenvalue weighted by Crippen LogP contribution is -2.48. The van der Waals surface area contributed by atoms with E-state index < -0.39 is 23.7 Å². The van der Waals surface area contributed by atoms with Crippen molar-refractivity contribution in [3.05, 3.63) is 54.1 Å². The molecule has 2 amide bonds. The molecule has 0 spiro atoms. The Morgan fingerprint density at radius 2 is 1.88 bits per heavy atom. The van der Waals surface area contributed by atoms with Crippen molar-refractivity contribution in [1.29, 1.82) is 0 Å². The van der Waals surface area contributed by atoms with Crippen LogP contribution >= 0.6 is 0 Å². The highest BCUT2D eigenvalue weighted by molar-refractivity contribution is 5.98. The van der Waals surface area contributed by atoms with Gasteiger partial charge in [0.05, 0.1) is 11.9 Å². The molecule has 2 aromatic rings. The van der Waals surface area contributed by atoms with Crippen molar-refractivity contribution in [2.45, 2.75) is 63.0 Å². The molecule has 9 heteroatoms. The summed E-state index contributed by atoms with van der Waals surface area (Å²) in [6, 6.07) is 7.30. The van der Waals surface area contributed by atoms with Crippen molar-refractivity contribution in [3.8, 4) is 0 Å². The zero-order valence-corrected chi connectivity index (χ0v) is 18.1. The van der Waals surface area contributed by atoms with Gasteiger partial charge in [0.25, 0.3) is 5.91 Å². The molecule has 0 bridgehead atoms. The van der Waals surface area contributed by atoms with Crippen molar-refractivity contribution in [2.24, 2.45) is 5.92 Å². The van der Waals surface area contributed by atoms with Gasteiger partial charge in [-0.15, -0.1) is 0 Å². The summed E-state index contributed by atoms with van der Waals surface area (Å²) in [6.07, 6.45) is 4.93. The van der Waals surface area contributed by atoms with Gasteiger partial charge in [0.15, 0.2) is 5.82 Å². The van der Waals surface area contributed by atoms with E-state index in [4.69, 9.17) is 0 Å². The van der Waals surface area contributed by atoms with Crippen LogP contribution in [0.15, 0.2) is 42.7 Å². The number of halogens is 3. The molecule has 176 valence electrons. The van der Waals surface area contributed by atoms with Crippen molar-refractivity contribution < 1.29 is 22.8 Å². The Balaban J connectivity index is 1.43. The van der Waals surface area contributed by atoms with E-state index in [1.807, 2.05) is 0 Å². The zero-order valence-electron chi connectivity index (χ0n) is 18.1. The maximum atomic E-state index is 13.9. The van der Waals surface area contributed by atoms with Gasteiger partial charge in [0, 0.05) is 36.3 Å². The van der Waals surface area contributed by atoms with Gasteiger partial charge >= 0.3 is 0 Å². The lowest BCUT2D eigenvalue weighted by molar-refractivity contribution is -0.123. The van der Waals surface area contributed by atoms with Crippen LogP contribution in [0.4, 0.5) is 24.5 Å². The number of rotatable bonds is 8. The van der Waals surface area contributed by atoms with Crippen LogP contribution in [-0.2, 0) is 4.79 Å². The normalized spacial score (nSPS) is 18.9. The van der Waals surface area contributed by atoms with Crippen LogP contribution in [0.25, 0.3) is 0 Å². The number of hydrogen-bond donors (Lipinski definition) is 3. The number of benzene rings is 1. The minimum atomic E-state index is -2.65. The summed E-state index contributed by atoms with van der Waals surface area (Å²) in [5, 5.41) is 8.60. The van der Waals surface area contributed by atoms with E-state index in [1.165, 1.54) is 12.3 Å². The van der Waals surface area contributed by atoms with Gasteiger partial charge in [-0.2, -0.15) is 0 Å². The minimum Gasteiger partial charge on any atom is -0.353 e. The van der Waals surface area contributed by atoms with Gasteiger partial charge in [0.2, 0.25) is 11.8 Å². The number of hydrogen-bond acceptors (Lipinski definition) is 4. The largest absolute Gasteiger partial charge is 0.353 e. The summed E-state index contributed by atoms with van der Waals surface area (Å²) in [7, 11) is 0. The number of aromatic nitrogens is 1. The molecule has 4 rings (SSSR count). The Bertz CT molecular complexity index is 1000. The molecular weight excluding hydrogens is 433 g/mol. The first-order valence-corrected chi connectivity index (χ1v) is 11.2. The lowest BCUT2D eigenvalue weighted by atomic mass is 9.82. The highest BCUT2D eigenvalue weighted by Crippen LogP contribution is 2.38. The van der Waals surface area contributed by atoms with Crippen molar-refractivity contribution in [1.82, 2.24) is 15.6 Å². The summed E-state index contributed by atoms with van der Waals surface area (Å²) in [6.45, 7) is 0. The molecule has 3 N–H and O–H groups in total. The first kappa shape index (κ1) is 23.1. The number of alkyl halides is 2. The predicted molar refractivity (Wildman–Crippen MR) is 118 cm³/mol. The van der Waals surface area contributed by atoms with E-state index in [-0.39, 0.29) is 36.4 Å². The number of amides is 2. The van der Waals surface area contributed by atoms with E-state index in [0.29, 0.717) is 30.5 Å². The second-order valence-corrected chi connectivity index (χ2v) is 8.91. The highest BCUT2D eigenvalue weighted by atomic mass is 19.3. The molecular formula is C24H27F3N4O2. The SMILES string of the molecule is O=C(N[C@@H](CC1CCC(F)(F)CC1)C(=O)NC1CC1)c1cccc(Nc2ccncc2F)c1. The fraction of sp³-hybridized carbons (Fsp3) is 0.458. The van der Waals surface area contributed by atoms with Crippen LogP contribution < -0.4 is 16.0 Å². The highest BCUT2D eigenvalue weighted by Gasteiger charge is 2.37. The van der Waals surface area contributed by atoms with Crippen molar-refractivity contribution in [2.75, 3.05) is 5.32 Å². The number of nitrogens with one attached hydrogen (secondary N) is 3. The van der Waals surface area contributed by atoms with Gasteiger partial charge in [-0.1, -0.05) is 6.07 Å². The van der Waals surface area contributed by atoms with E-state index in [2.05, 4.69) is 20.9 Å². The number of carbonyl (C=O) groups is 2.